The Labute approximate surface area is 117 Å². The number of ether oxygens (including phenoxy) is 1. The fraction of sp³-hybridized carbons (Fsp3) is 0.0833. The van der Waals surface area contributed by atoms with Crippen LogP contribution in [0.25, 0.3) is 0 Å². The Morgan fingerprint density at radius 1 is 1.26 bits per heavy atom. The summed E-state index contributed by atoms with van der Waals surface area (Å²) in [5.74, 6) is 0.871. The van der Waals surface area contributed by atoms with Gasteiger partial charge in [-0.15, -0.1) is 0 Å². The van der Waals surface area contributed by atoms with Crippen LogP contribution in [0.1, 0.15) is 0 Å². The molecule has 0 radical (unpaired) electrons. The number of non-ortho nitro benzene ring substituents is 1. The molecule has 0 atom stereocenters. The summed E-state index contributed by atoms with van der Waals surface area (Å²) in [6.45, 7) is 0. The number of nitro benzene ring substituents is 1. The van der Waals surface area contributed by atoms with Crippen LogP contribution in [0.5, 0.6) is 11.5 Å². The molecule has 1 aromatic heterocycles. The molecule has 6 nitrogen and oxygen atoms in total. The van der Waals surface area contributed by atoms with E-state index in [0.29, 0.717) is 17.2 Å². The number of hydrogen-bond donors (Lipinski definition) is 1. The van der Waals surface area contributed by atoms with Crippen molar-refractivity contribution in [1.29, 1.82) is 0 Å². The highest BCUT2D eigenvalue weighted by molar-refractivity contribution is 9.10. The zero-order valence-corrected chi connectivity index (χ0v) is 11.5. The number of pyridine rings is 1. The molecule has 2 aromatic rings. The lowest BCUT2D eigenvalue weighted by Crippen LogP contribution is -1.94. The molecule has 7 heteroatoms. The Hall–Kier alpha value is -2.15. The predicted octanol–water partition coefficient (Wildman–Crippen LogP) is 3.59. The maximum Gasteiger partial charge on any atom is 0.275 e. The van der Waals surface area contributed by atoms with Crippen molar-refractivity contribution in [2.45, 2.75) is 0 Å². The van der Waals surface area contributed by atoms with Crippen molar-refractivity contribution in [3.05, 3.63) is 51.2 Å². The zero-order chi connectivity index (χ0) is 13.8. The Morgan fingerprint density at radius 3 is 2.68 bits per heavy atom. The number of nitrogens with zero attached hydrogens (tertiary/aromatic N) is 2. The molecule has 0 spiro atoms. The van der Waals surface area contributed by atoms with Gasteiger partial charge in [-0.05, 0) is 22.0 Å². The third kappa shape index (κ3) is 3.41. The van der Waals surface area contributed by atoms with Gasteiger partial charge in [-0.1, -0.05) is 0 Å². The molecule has 0 amide bonds. The molecule has 0 aliphatic heterocycles. The number of hydrogen-bond acceptors (Lipinski definition) is 5. The van der Waals surface area contributed by atoms with Crippen LogP contribution in [0.15, 0.2) is 41.1 Å². The van der Waals surface area contributed by atoms with Crippen molar-refractivity contribution in [2.75, 3.05) is 12.4 Å². The average Bonchev–Trinajstić information content (AvgIpc) is 2.38. The molecule has 0 saturated carbocycles. The van der Waals surface area contributed by atoms with Gasteiger partial charge in [0.15, 0.2) is 0 Å². The van der Waals surface area contributed by atoms with E-state index in [0.717, 1.165) is 4.47 Å². The highest BCUT2D eigenvalue weighted by Gasteiger charge is 2.10. The van der Waals surface area contributed by atoms with Crippen molar-refractivity contribution in [1.82, 2.24) is 4.98 Å². The molecule has 1 heterocycles. The number of rotatable bonds is 4. The number of aromatic nitrogens is 1. The van der Waals surface area contributed by atoms with Gasteiger partial charge in [-0.3, -0.25) is 15.1 Å². The molecule has 0 saturated heterocycles. The van der Waals surface area contributed by atoms with E-state index in [9.17, 15) is 10.1 Å². The first-order chi connectivity index (χ1) is 9.08. The standard InChI is InChI=1S/C12H10BrN3O3/c1-14-9-3-10(16(17)18)5-11(4-9)19-12-2-8(13)6-15-7-12/h2-7,14H,1H3. The molecule has 0 fully saturated rings. The fourth-order valence-electron chi connectivity index (χ4n) is 1.48. The Morgan fingerprint density at radius 2 is 2.05 bits per heavy atom. The normalized spacial score (nSPS) is 10.0. The highest BCUT2D eigenvalue weighted by Crippen LogP contribution is 2.30. The van der Waals surface area contributed by atoms with Crippen LogP contribution >= 0.6 is 15.9 Å². The third-order valence-electron chi connectivity index (χ3n) is 2.31. The molecule has 2 rings (SSSR count). The molecule has 0 unspecified atom stereocenters. The van der Waals surface area contributed by atoms with Crippen molar-refractivity contribution >= 4 is 27.3 Å². The first-order valence-corrected chi connectivity index (χ1v) is 6.13. The molecule has 0 bridgehead atoms. The minimum absolute atomic E-state index is 0.0372. The number of nitrogens with one attached hydrogen (secondary N) is 1. The number of nitro groups is 1. The van der Waals surface area contributed by atoms with Crippen molar-refractivity contribution in [3.63, 3.8) is 0 Å². The first-order valence-electron chi connectivity index (χ1n) is 5.34. The minimum Gasteiger partial charge on any atom is -0.455 e. The molecule has 1 N–H and O–H groups in total. The average molecular weight is 324 g/mol. The Kier molecular flexibility index (Phi) is 3.96. The van der Waals surface area contributed by atoms with E-state index in [4.69, 9.17) is 4.74 Å². The summed E-state index contributed by atoms with van der Waals surface area (Å²) in [7, 11) is 1.68. The predicted molar refractivity (Wildman–Crippen MR) is 74.7 cm³/mol. The molecule has 98 valence electrons. The van der Waals surface area contributed by atoms with E-state index in [2.05, 4.69) is 26.2 Å². The van der Waals surface area contributed by atoms with Gasteiger partial charge in [0, 0.05) is 35.5 Å². The van der Waals surface area contributed by atoms with Crippen LogP contribution in [-0.4, -0.2) is 17.0 Å². The van der Waals surface area contributed by atoms with Gasteiger partial charge in [-0.2, -0.15) is 0 Å². The lowest BCUT2D eigenvalue weighted by Gasteiger charge is -2.07. The van der Waals surface area contributed by atoms with Gasteiger partial charge in [0.2, 0.25) is 0 Å². The third-order valence-corrected chi connectivity index (χ3v) is 2.74. The van der Waals surface area contributed by atoms with Gasteiger partial charge in [0.05, 0.1) is 17.2 Å². The van der Waals surface area contributed by atoms with Crippen molar-refractivity contribution < 1.29 is 9.66 Å². The van der Waals surface area contributed by atoms with Gasteiger partial charge in [-0.25, -0.2) is 0 Å². The van der Waals surface area contributed by atoms with Gasteiger partial charge in [0.25, 0.3) is 5.69 Å². The van der Waals surface area contributed by atoms with Gasteiger partial charge in [0.1, 0.15) is 11.5 Å². The largest absolute Gasteiger partial charge is 0.455 e. The summed E-state index contributed by atoms with van der Waals surface area (Å²) in [6, 6.07) is 6.20. The summed E-state index contributed by atoms with van der Waals surface area (Å²) in [6.07, 6.45) is 3.15. The maximum atomic E-state index is 10.8. The summed E-state index contributed by atoms with van der Waals surface area (Å²) < 4.78 is 6.32. The smallest absolute Gasteiger partial charge is 0.275 e. The van der Waals surface area contributed by atoms with Crippen LogP contribution in [-0.2, 0) is 0 Å². The Balaban J connectivity index is 2.34. The van der Waals surface area contributed by atoms with Crippen molar-refractivity contribution in [2.24, 2.45) is 0 Å². The summed E-state index contributed by atoms with van der Waals surface area (Å²) in [5.41, 5.74) is 0.567. The molecule has 0 aliphatic rings. The summed E-state index contributed by atoms with van der Waals surface area (Å²) >= 11 is 3.28. The monoisotopic (exact) mass is 323 g/mol. The van der Waals surface area contributed by atoms with E-state index >= 15 is 0 Å². The lowest BCUT2D eigenvalue weighted by atomic mass is 10.2. The van der Waals surface area contributed by atoms with Crippen LogP contribution in [0, 0.1) is 10.1 Å². The summed E-state index contributed by atoms with van der Waals surface area (Å²) in [5, 5.41) is 13.7. The van der Waals surface area contributed by atoms with Crippen LogP contribution in [0.3, 0.4) is 0 Å². The first kappa shape index (κ1) is 13.3. The fourth-order valence-corrected chi connectivity index (χ4v) is 1.82. The number of benzene rings is 1. The van der Waals surface area contributed by atoms with Crippen LogP contribution in [0.2, 0.25) is 0 Å². The molecular formula is C12H10BrN3O3. The second-order valence-electron chi connectivity index (χ2n) is 3.66. The zero-order valence-electron chi connectivity index (χ0n) is 9.96. The molecule has 19 heavy (non-hydrogen) atoms. The molecule has 0 aliphatic carbocycles. The van der Waals surface area contributed by atoms with E-state index in [1.807, 2.05) is 0 Å². The van der Waals surface area contributed by atoms with E-state index < -0.39 is 4.92 Å². The van der Waals surface area contributed by atoms with E-state index in [1.54, 1.807) is 25.4 Å². The molecular weight excluding hydrogens is 314 g/mol. The lowest BCUT2D eigenvalue weighted by molar-refractivity contribution is -0.384. The Bertz CT molecular complexity index is 619. The second kappa shape index (κ2) is 5.66. The highest BCUT2D eigenvalue weighted by atomic mass is 79.9. The number of halogens is 1. The van der Waals surface area contributed by atoms with Gasteiger partial charge < -0.3 is 10.1 Å². The minimum atomic E-state index is -0.465. The topological polar surface area (TPSA) is 77.3 Å². The van der Waals surface area contributed by atoms with Crippen molar-refractivity contribution in [3.8, 4) is 11.5 Å². The second-order valence-corrected chi connectivity index (χ2v) is 4.58. The summed E-state index contributed by atoms with van der Waals surface area (Å²) in [4.78, 5) is 14.3. The quantitative estimate of drug-likeness (QED) is 0.687. The number of anilines is 1. The maximum absolute atomic E-state index is 10.8. The van der Waals surface area contributed by atoms with E-state index in [1.165, 1.54) is 18.3 Å². The molecule has 1 aromatic carbocycles. The van der Waals surface area contributed by atoms with E-state index in [-0.39, 0.29) is 5.69 Å². The SMILES string of the molecule is CNc1cc(Oc2cncc(Br)c2)cc([N+](=O)[O-])c1. The van der Waals surface area contributed by atoms with Crippen LogP contribution in [0.4, 0.5) is 11.4 Å². The van der Waals surface area contributed by atoms with Gasteiger partial charge >= 0.3 is 0 Å². The van der Waals surface area contributed by atoms with Crippen LogP contribution < -0.4 is 10.1 Å².